The van der Waals surface area contributed by atoms with E-state index in [4.69, 9.17) is 16.6 Å². The zero-order chi connectivity index (χ0) is 27.8. The first-order valence-electron chi connectivity index (χ1n) is 13.6. The number of fused-ring (bicyclic) bond motifs is 2. The van der Waals surface area contributed by atoms with Gasteiger partial charge in [0.05, 0.1) is 5.69 Å². The van der Waals surface area contributed by atoms with Crippen LogP contribution < -0.4 is 0 Å². The lowest BCUT2D eigenvalue weighted by Gasteiger charge is -2.37. The molecule has 1 aliphatic heterocycles. The van der Waals surface area contributed by atoms with Crippen LogP contribution in [0, 0.1) is 24.7 Å². The third kappa shape index (κ3) is 7.29. The van der Waals surface area contributed by atoms with Crippen molar-refractivity contribution in [3.63, 3.8) is 0 Å². The van der Waals surface area contributed by atoms with Crippen molar-refractivity contribution in [1.29, 1.82) is 0 Å². The Morgan fingerprint density at radius 1 is 1.00 bits per heavy atom. The number of hydrogen-bond donors (Lipinski definition) is 0. The number of piperidine rings is 1. The van der Waals surface area contributed by atoms with E-state index in [2.05, 4.69) is 61.7 Å². The lowest BCUT2D eigenvalue weighted by atomic mass is 9.76. The Morgan fingerprint density at radius 2 is 1.63 bits per heavy atom. The molecule has 1 saturated heterocycles. The third-order valence-corrected chi connectivity index (χ3v) is 9.22. The number of pyridine rings is 1. The van der Waals surface area contributed by atoms with Gasteiger partial charge in [-0.25, -0.2) is 0 Å². The highest BCUT2D eigenvalue weighted by Crippen LogP contribution is 2.46. The van der Waals surface area contributed by atoms with Crippen LogP contribution in [0.15, 0.2) is 33.3 Å². The van der Waals surface area contributed by atoms with Gasteiger partial charge in [0.2, 0.25) is 5.91 Å². The molecule has 5 rings (SSSR count). The zero-order valence-corrected chi connectivity index (χ0v) is 26.2. The van der Waals surface area contributed by atoms with Gasteiger partial charge in [0.1, 0.15) is 5.78 Å². The Morgan fingerprint density at radius 3 is 2.29 bits per heavy atom. The van der Waals surface area contributed by atoms with Gasteiger partial charge < -0.3 is 4.90 Å². The molecule has 7 heteroatoms. The van der Waals surface area contributed by atoms with E-state index in [1.54, 1.807) is 0 Å². The van der Waals surface area contributed by atoms with Gasteiger partial charge in [-0.15, -0.1) is 12.8 Å². The molecule has 4 nitrogen and oxygen atoms in total. The van der Waals surface area contributed by atoms with E-state index in [0.717, 1.165) is 65.6 Å². The number of carbonyl (C=O) groups excluding carboxylic acids is 2. The monoisotopic (exact) mass is 662 g/mol. The fourth-order valence-electron chi connectivity index (χ4n) is 6.09. The van der Waals surface area contributed by atoms with Crippen LogP contribution in [0.4, 0.5) is 0 Å². The van der Waals surface area contributed by atoms with Crippen LogP contribution in [-0.4, -0.2) is 34.7 Å². The van der Waals surface area contributed by atoms with Crippen LogP contribution in [-0.2, 0) is 22.4 Å². The van der Waals surface area contributed by atoms with Gasteiger partial charge >= 0.3 is 0 Å². The van der Waals surface area contributed by atoms with Gasteiger partial charge in [-0.1, -0.05) is 41.4 Å². The molecule has 38 heavy (non-hydrogen) atoms. The number of aryl methyl sites for hydroxylation is 2. The molecule has 2 fully saturated rings. The molecule has 0 spiro atoms. The Balaban J connectivity index is 0.000000956. The number of halogens is 3. The lowest BCUT2D eigenvalue weighted by molar-refractivity contribution is -0.134. The molecule has 1 atom stereocenters. The van der Waals surface area contributed by atoms with Crippen molar-refractivity contribution in [2.75, 3.05) is 13.1 Å². The second-order valence-electron chi connectivity index (χ2n) is 10.0. The third-order valence-electron chi connectivity index (χ3n) is 7.91. The number of amides is 1. The van der Waals surface area contributed by atoms with Crippen molar-refractivity contribution in [3.05, 3.63) is 60.7 Å². The second kappa shape index (κ2) is 14.6. The molecular weight excluding hydrogens is 628 g/mol. The Bertz CT molecular complexity index is 1150. The fraction of sp³-hybridized carbons (Fsp3) is 0.516. The standard InChI is InChI=1S/C27H29Br2ClN2O2.C2H6.C2H2/c28-20-12-19-4-3-18-13-21(30)14-23(29)25(18)26(27(19)31-15-20)17-7-9-32(10-8-17)24(34)11-16-1-5-22(33)6-2-16;2*1-2/h12-17,26H,1-11H2;1-2H3;1-2H. The summed E-state index contributed by atoms with van der Waals surface area (Å²) in [6.45, 7) is 5.58. The molecular formula is C31H37Br2ClN2O2. The molecule has 204 valence electrons. The highest BCUT2D eigenvalue weighted by Gasteiger charge is 2.36. The van der Waals surface area contributed by atoms with Crippen LogP contribution in [0.3, 0.4) is 0 Å². The molecule has 1 amide bonds. The maximum atomic E-state index is 13.0. The molecule has 1 saturated carbocycles. The number of Topliss-reactive ketones (excluding diaryl/α,β-unsaturated/α-hetero) is 1. The highest BCUT2D eigenvalue weighted by atomic mass is 79.9. The number of aromatic nitrogens is 1. The summed E-state index contributed by atoms with van der Waals surface area (Å²) >= 11 is 13.9. The van der Waals surface area contributed by atoms with E-state index in [1.807, 2.05) is 26.1 Å². The number of nitrogens with zero attached hydrogens (tertiary/aromatic N) is 2. The molecule has 2 heterocycles. The first-order chi connectivity index (χ1) is 18.4. The van der Waals surface area contributed by atoms with Gasteiger partial charge in [0.15, 0.2) is 0 Å². The van der Waals surface area contributed by atoms with E-state index < -0.39 is 0 Å². The maximum absolute atomic E-state index is 13.0. The van der Waals surface area contributed by atoms with Crippen LogP contribution >= 0.6 is 43.5 Å². The number of likely N-dealkylation sites (tertiary alicyclic amines) is 1. The molecule has 1 unspecified atom stereocenters. The van der Waals surface area contributed by atoms with Crippen molar-refractivity contribution in [2.45, 2.75) is 77.6 Å². The molecule has 1 aromatic carbocycles. The average Bonchev–Trinajstić information content (AvgIpc) is 3.09. The minimum Gasteiger partial charge on any atom is -0.343 e. The highest BCUT2D eigenvalue weighted by molar-refractivity contribution is 9.10. The smallest absolute Gasteiger partial charge is 0.222 e. The van der Waals surface area contributed by atoms with Crippen molar-refractivity contribution < 1.29 is 9.59 Å². The lowest BCUT2D eigenvalue weighted by Crippen LogP contribution is -2.41. The van der Waals surface area contributed by atoms with Gasteiger partial charge in [0, 0.05) is 58.4 Å². The van der Waals surface area contributed by atoms with Crippen LogP contribution in [0.25, 0.3) is 0 Å². The normalized spacial score (nSPS) is 19.6. The number of terminal acetylenes is 1. The van der Waals surface area contributed by atoms with Gasteiger partial charge in [-0.2, -0.15) is 0 Å². The van der Waals surface area contributed by atoms with Gasteiger partial charge in [0.25, 0.3) is 0 Å². The SMILES string of the molecule is C#C.CC.O=C1CCC(CC(=O)N2CCC(C3c4ncc(Br)cc4CCc4cc(Cl)cc(Br)c43)CC2)CC1. The molecule has 0 radical (unpaired) electrons. The van der Waals surface area contributed by atoms with Crippen LogP contribution in [0.1, 0.15) is 87.1 Å². The Labute approximate surface area is 249 Å². The minimum absolute atomic E-state index is 0.189. The van der Waals surface area contributed by atoms with Crippen molar-refractivity contribution in [2.24, 2.45) is 11.8 Å². The number of rotatable bonds is 3. The summed E-state index contributed by atoms with van der Waals surface area (Å²) in [5.74, 6) is 1.58. The predicted octanol–water partition coefficient (Wildman–Crippen LogP) is 8.15. The van der Waals surface area contributed by atoms with Crippen LogP contribution in [0.5, 0.6) is 0 Å². The molecule has 3 aliphatic rings. The Kier molecular flexibility index (Phi) is 11.9. The quantitative estimate of drug-likeness (QED) is 0.311. The van der Waals surface area contributed by atoms with E-state index >= 15 is 0 Å². The summed E-state index contributed by atoms with van der Waals surface area (Å²) in [5.41, 5.74) is 5.07. The topological polar surface area (TPSA) is 50.3 Å². The van der Waals surface area contributed by atoms with E-state index in [1.165, 1.54) is 22.4 Å². The first kappa shape index (κ1) is 30.9. The summed E-state index contributed by atoms with van der Waals surface area (Å²) in [6, 6.07) is 6.33. The van der Waals surface area contributed by atoms with Gasteiger partial charge in [-0.05, 0) is 101 Å². The van der Waals surface area contributed by atoms with Crippen molar-refractivity contribution >= 4 is 55.2 Å². The molecule has 0 N–H and O–H groups in total. The summed E-state index contributed by atoms with van der Waals surface area (Å²) < 4.78 is 2.07. The molecule has 2 aliphatic carbocycles. The van der Waals surface area contributed by atoms with Crippen LogP contribution in [0.2, 0.25) is 5.02 Å². The first-order valence-corrected chi connectivity index (χ1v) is 15.6. The second-order valence-corrected chi connectivity index (χ2v) is 12.2. The summed E-state index contributed by atoms with van der Waals surface area (Å²) in [7, 11) is 0. The van der Waals surface area contributed by atoms with E-state index in [0.29, 0.717) is 36.9 Å². The molecule has 1 aromatic heterocycles. The van der Waals surface area contributed by atoms with Crippen molar-refractivity contribution in [1.82, 2.24) is 9.88 Å². The van der Waals surface area contributed by atoms with E-state index in [9.17, 15) is 9.59 Å². The molecule has 0 bridgehead atoms. The maximum Gasteiger partial charge on any atom is 0.222 e. The summed E-state index contributed by atoms with van der Waals surface area (Å²) in [4.78, 5) is 31.5. The number of carbonyl (C=O) groups is 2. The van der Waals surface area contributed by atoms with Gasteiger partial charge in [-0.3, -0.25) is 14.6 Å². The predicted molar refractivity (Wildman–Crippen MR) is 162 cm³/mol. The van der Waals surface area contributed by atoms with E-state index in [-0.39, 0.29) is 11.8 Å². The van der Waals surface area contributed by atoms with Crippen molar-refractivity contribution in [3.8, 4) is 12.8 Å². The zero-order valence-electron chi connectivity index (χ0n) is 22.3. The Hall–Kier alpha value is -1.68. The largest absolute Gasteiger partial charge is 0.343 e. The summed E-state index contributed by atoms with van der Waals surface area (Å²) in [6.07, 6.45) is 17.3. The minimum atomic E-state index is 0.189. The average molecular weight is 665 g/mol. The molecule has 2 aromatic rings. The number of ketones is 1. The summed E-state index contributed by atoms with van der Waals surface area (Å²) in [5, 5.41) is 0.759. The number of hydrogen-bond acceptors (Lipinski definition) is 3. The number of benzene rings is 1. The fourth-order valence-corrected chi connectivity index (χ4v) is 7.59.